The molecule has 1 aliphatic rings. The third kappa shape index (κ3) is 2.72. The van der Waals surface area contributed by atoms with Gasteiger partial charge in [-0.05, 0) is 12.1 Å². The molecule has 1 aromatic carbocycles. The maximum absolute atomic E-state index is 10.6. The molecule has 0 saturated heterocycles. The summed E-state index contributed by atoms with van der Waals surface area (Å²) in [6.45, 7) is 4.87. The first-order valence-electron chi connectivity index (χ1n) is 5.13. The van der Waals surface area contributed by atoms with E-state index in [4.69, 9.17) is 16.3 Å². The molecule has 82 valence electrons. The van der Waals surface area contributed by atoms with Gasteiger partial charge in [-0.3, -0.25) is 4.79 Å². The van der Waals surface area contributed by atoms with Crippen LogP contribution in [0.15, 0.2) is 12.1 Å². The van der Waals surface area contributed by atoms with Gasteiger partial charge in [-0.15, -0.1) is 0 Å². The van der Waals surface area contributed by atoms with Crippen molar-refractivity contribution in [2.45, 2.75) is 26.7 Å². The Labute approximate surface area is 95.2 Å². The highest BCUT2D eigenvalue weighted by atomic mass is 35.5. The van der Waals surface area contributed by atoms with Crippen molar-refractivity contribution in [2.75, 3.05) is 6.61 Å². The normalized spacial score (nSPS) is 12.2. The van der Waals surface area contributed by atoms with Crippen LogP contribution < -0.4 is 4.74 Å². The van der Waals surface area contributed by atoms with Crippen molar-refractivity contribution < 1.29 is 9.53 Å². The summed E-state index contributed by atoms with van der Waals surface area (Å²) in [7, 11) is 0. The lowest BCUT2D eigenvalue weighted by Gasteiger charge is -2.02. The van der Waals surface area contributed by atoms with Crippen molar-refractivity contribution in [2.24, 2.45) is 0 Å². The van der Waals surface area contributed by atoms with Gasteiger partial charge in [-0.1, -0.05) is 31.9 Å². The minimum Gasteiger partial charge on any atom is -0.492 e. The molecule has 0 atom stereocenters. The molecule has 0 aliphatic carbocycles. The van der Waals surface area contributed by atoms with Gasteiger partial charge in [0.1, 0.15) is 5.75 Å². The van der Waals surface area contributed by atoms with Crippen molar-refractivity contribution in [3.05, 3.63) is 28.3 Å². The molecule has 0 aromatic heterocycles. The highest BCUT2D eigenvalue weighted by Crippen LogP contribution is 2.33. The van der Waals surface area contributed by atoms with E-state index < -0.39 is 0 Å². The van der Waals surface area contributed by atoms with E-state index in [9.17, 15) is 4.79 Å². The van der Waals surface area contributed by atoms with Crippen LogP contribution >= 0.6 is 11.6 Å². The Morgan fingerprint density at radius 3 is 2.73 bits per heavy atom. The first kappa shape index (κ1) is 12.1. The van der Waals surface area contributed by atoms with Crippen LogP contribution in [0, 0.1) is 0 Å². The maximum atomic E-state index is 10.6. The molecule has 0 unspecified atom stereocenters. The van der Waals surface area contributed by atoms with Crippen molar-refractivity contribution >= 4 is 17.9 Å². The third-order valence-electron chi connectivity index (χ3n) is 1.96. The number of hydrogen-bond acceptors (Lipinski definition) is 2. The Kier molecular flexibility index (Phi) is 4.63. The molecule has 0 amide bonds. The van der Waals surface area contributed by atoms with E-state index in [1.165, 1.54) is 6.42 Å². The number of carbonyl (C=O) groups is 1. The smallest absolute Gasteiger partial charge is 0.153 e. The fourth-order valence-electron chi connectivity index (χ4n) is 1.37. The summed E-state index contributed by atoms with van der Waals surface area (Å²) < 4.78 is 5.29. The van der Waals surface area contributed by atoms with Crippen LogP contribution in [-0.4, -0.2) is 12.9 Å². The molecule has 0 radical (unpaired) electrons. The first-order chi connectivity index (χ1) is 7.24. The predicted molar refractivity (Wildman–Crippen MR) is 62.0 cm³/mol. The first-order valence-corrected chi connectivity index (χ1v) is 5.51. The Bertz CT molecular complexity index is 348. The average Bonchev–Trinajstić information content (AvgIpc) is 2.69. The molecule has 15 heavy (non-hydrogen) atoms. The zero-order valence-electron chi connectivity index (χ0n) is 9.05. The predicted octanol–water partition coefficient (Wildman–Crippen LogP) is 3.50. The van der Waals surface area contributed by atoms with Crippen LogP contribution in [0.1, 0.15) is 36.2 Å². The van der Waals surface area contributed by atoms with Crippen molar-refractivity contribution in [3.8, 4) is 5.75 Å². The topological polar surface area (TPSA) is 26.3 Å². The second-order valence-corrected chi connectivity index (χ2v) is 3.77. The minimum absolute atomic E-state index is 0.590. The quantitative estimate of drug-likeness (QED) is 0.685. The van der Waals surface area contributed by atoms with E-state index in [1.54, 1.807) is 12.1 Å². The molecule has 3 heteroatoms. The minimum atomic E-state index is 0.590. The summed E-state index contributed by atoms with van der Waals surface area (Å²) in [6.07, 6.45) is 2.84. The average molecular weight is 227 g/mol. The van der Waals surface area contributed by atoms with Gasteiger partial charge in [0.2, 0.25) is 0 Å². The van der Waals surface area contributed by atoms with Crippen molar-refractivity contribution in [1.82, 2.24) is 0 Å². The fraction of sp³-hybridized carbons (Fsp3) is 0.417. The number of aldehydes is 1. The number of ether oxygens (including phenoxy) is 1. The van der Waals surface area contributed by atoms with Crippen molar-refractivity contribution in [3.63, 3.8) is 0 Å². The van der Waals surface area contributed by atoms with Gasteiger partial charge < -0.3 is 4.74 Å². The molecule has 0 N–H and O–H groups in total. The van der Waals surface area contributed by atoms with Crippen molar-refractivity contribution in [1.29, 1.82) is 0 Å². The molecule has 0 spiro atoms. The summed E-state index contributed by atoms with van der Waals surface area (Å²) in [5, 5.41) is 0.688. The Morgan fingerprint density at radius 2 is 2.13 bits per heavy atom. The summed E-state index contributed by atoms with van der Waals surface area (Å²) in [4.78, 5) is 10.6. The molecule has 0 bridgehead atoms. The Balaban J connectivity index is 0.000000337. The SMILES string of the molecule is CCC.O=Cc1ccc(Cl)c2c1OCC2. The van der Waals surface area contributed by atoms with Crippen LogP contribution in [0.5, 0.6) is 5.75 Å². The molecular weight excluding hydrogens is 212 g/mol. The summed E-state index contributed by atoms with van der Waals surface area (Å²) in [5.41, 5.74) is 1.55. The Hall–Kier alpha value is -1.02. The van der Waals surface area contributed by atoms with Gasteiger partial charge in [-0.2, -0.15) is 0 Å². The van der Waals surface area contributed by atoms with E-state index >= 15 is 0 Å². The van der Waals surface area contributed by atoms with E-state index in [1.807, 2.05) is 0 Å². The van der Waals surface area contributed by atoms with Crippen LogP contribution in [0.4, 0.5) is 0 Å². The summed E-state index contributed by atoms with van der Waals surface area (Å²) in [6, 6.07) is 3.41. The van der Waals surface area contributed by atoms with E-state index in [0.717, 1.165) is 18.3 Å². The van der Waals surface area contributed by atoms with Gasteiger partial charge >= 0.3 is 0 Å². The van der Waals surface area contributed by atoms with Gasteiger partial charge in [-0.25, -0.2) is 0 Å². The molecule has 0 fully saturated rings. The zero-order chi connectivity index (χ0) is 11.3. The lowest BCUT2D eigenvalue weighted by Crippen LogP contribution is -1.89. The molecular formula is C12H15ClO2. The summed E-state index contributed by atoms with van der Waals surface area (Å²) in [5.74, 6) is 0.664. The van der Waals surface area contributed by atoms with Crippen LogP contribution in [-0.2, 0) is 6.42 Å². The van der Waals surface area contributed by atoms with Gasteiger partial charge in [0.15, 0.2) is 6.29 Å². The maximum Gasteiger partial charge on any atom is 0.153 e. The van der Waals surface area contributed by atoms with Crippen LogP contribution in [0.2, 0.25) is 5.02 Å². The molecule has 2 nitrogen and oxygen atoms in total. The van der Waals surface area contributed by atoms with Crippen LogP contribution in [0.3, 0.4) is 0 Å². The van der Waals surface area contributed by atoms with Gasteiger partial charge in [0.25, 0.3) is 0 Å². The van der Waals surface area contributed by atoms with Gasteiger partial charge in [0, 0.05) is 17.0 Å². The molecule has 0 saturated carbocycles. The van der Waals surface area contributed by atoms with E-state index in [-0.39, 0.29) is 0 Å². The summed E-state index contributed by atoms with van der Waals surface area (Å²) >= 11 is 5.90. The Morgan fingerprint density at radius 1 is 1.47 bits per heavy atom. The number of hydrogen-bond donors (Lipinski definition) is 0. The van der Waals surface area contributed by atoms with E-state index in [2.05, 4.69) is 13.8 Å². The van der Waals surface area contributed by atoms with E-state index in [0.29, 0.717) is 22.9 Å². The zero-order valence-corrected chi connectivity index (χ0v) is 9.80. The lowest BCUT2D eigenvalue weighted by atomic mass is 10.1. The van der Waals surface area contributed by atoms with Crippen LogP contribution in [0.25, 0.3) is 0 Å². The second kappa shape index (κ2) is 5.76. The molecule has 1 heterocycles. The fourth-order valence-corrected chi connectivity index (χ4v) is 1.62. The number of halogens is 1. The molecule has 1 aliphatic heterocycles. The van der Waals surface area contributed by atoms with Gasteiger partial charge in [0.05, 0.1) is 12.2 Å². The third-order valence-corrected chi connectivity index (χ3v) is 2.31. The standard InChI is InChI=1S/C9H7ClO2.C3H8/c10-8-2-1-6(5-11)9-7(8)3-4-12-9;1-3-2/h1-2,5H,3-4H2;3H2,1-2H3. The highest BCUT2D eigenvalue weighted by Gasteiger charge is 2.18. The molecule has 2 rings (SSSR count). The number of fused-ring (bicyclic) bond motifs is 1. The number of rotatable bonds is 1. The number of benzene rings is 1. The monoisotopic (exact) mass is 226 g/mol. The lowest BCUT2D eigenvalue weighted by molar-refractivity contribution is 0.112. The second-order valence-electron chi connectivity index (χ2n) is 3.37. The highest BCUT2D eigenvalue weighted by molar-refractivity contribution is 6.31. The largest absolute Gasteiger partial charge is 0.492 e. The molecule has 1 aromatic rings. The number of carbonyl (C=O) groups excluding carboxylic acids is 1.